The fraction of sp³-hybridized carbons (Fsp3) is 0.0625. The van der Waals surface area contributed by atoms with Crippen molar-refractivity contribution in [3.8, 4) is 17.0 Å². The van der Waals surface area contributed by atoms with E-state index in [0.29, 0.717) is 0 Å². The molecule has 0 fully saturated rings. The number of aromatic nitrogens is 1. The SMILES string of the molecule is CN(c1ccc(O)cc1)c1ccccc1-c1cscn1. The molecule has 1 N–H and O–H groups in total. The van der Waals surface area contributed by atoms with E-state index in [2.05, 4.69) is 22.0 Å². The lowest BCUT2D eigenvalue weighted by Gasteiger charge is -2.22. The molecule has 0 bridgehead atoms. The van der Waals surface area contributed by atoms with Crippen LogP contribution < -0.4 is 4.90 Å². The number of phenolic OH excluding ortho intramolecular Hbond substituents is 1. The molecular formula is C16H14N2OS. The first kappa shape index (κ1) is 12.7. The standard InChI is InChI=1S/C16H14N2OS/c1-18(12-6-8-13(19)9-7-12)16-5-3-2-4-14(16)15-10-20-11-17-15/h2-11,19H,1H3. The Morgan fingerprint density at radius 3 is 2.50 bits per heavy atom. The van der Waals surface area contributed by atoms with E-state index in [9.17, 15) is 5.11 Å². The molecule has 4 heteroatoms. The number of rotatable bonds is 3. The minimum absolute atomic E-state index is 0.273. The number of para-hydroxylation sites is 1. The van der Waals surface area contributed by atoms with E-state index in [1.165, 1.54) is 0 Å². The third-order valence-corrected chi connectivity index (χ3v) is 3.80. The number of nitrogens with zero attached hydrogens (tertiary/aromatic N) is 2. The molecule has 2 aromatic carbocycles. The van der Waals surface area contributed by atoms with Gasteiger partial charge in [-0.2, -0.15) is 0 Å². The molecule has 0 atom stereocenters. The monoisotopic (exact) mass is 282 g/mol. The van der Waals surface area contributed by atoms with E-state index in [1.54, 1.807) is 23.5 Å². The topological polar surface area (TPSA) is 36.4 Å². The summed E-state index contributed by atoms with van der Waals surface area (Å²) in [6.07, 6.45) is 0. The molecule has 0 saturated heterocycles. The lowest BCUT2D eigenvalue weighted by molar-refractivity contribution is 0.475. The van der Waals surface area contributed by atoms with Crippen molar-refractivity contribution in [3.63, 3.8) is 0 Å². The summed E-state index contributed by atoms with van der Waals surface area (Å²) in [4.78, 5) is 6.48. The number of aromatic hydroxyl groups is 1. The Kier molecular flexibility index (Phi) is 3.39. The third kappa shape index (κ3) is 2.38. The lowest BCUT2D eigenvalue weighted by atomic mass is 10.1. The van der Waals surface area contributed by atoms with Crippen LogP contribution in [0.25, 0.3) is 11.3 Å². The first-order valence-electron chi connectivity index (χ1n) is 6.26. The molecule has 0 amide bonds. The molecule has 0 unspecified atom stereocenters. The second-order valence-corrected chi connectivity index (χ2v) is 5.18. The molecule has 0 aliphatic rings. The zero-order valence-electron chi connectivity index (χ0n) is 11.0. The molecule has 100 valence electrons. The Morgan fingerprint density at radius 1 is 1.05 bits per heavy atom. The average molecular weight is 282 g/mol. The van der Waals surface area contributed by atoms with Crippen LogP contribution in [0.15, 0.2) is 59.4 Å². The van der Waals surface area contributed by atoms with Crippen LogP contribution in [0.1, 0.15) is 0 Å². The lowest BCUT2D eigenvalue weighted by Crippen LogP contribution is -2.10. The molecule has 0 saturated carbocycles. The fourth-order valence-electron chi connectivity index (χ4n) is 2.14. The van der Waals surface area contributed by atoms with Crippen LogP contribution in [0.5, 0.6) is 5.75 Å². The van der Waals surface area contributed by atoms with Gasteiger partial charge in [-0.05, 0) is 30.3 Å². The number of thiazole rings is 1. The van der Waals surface area contributed by atoms with Crippen LogP contribution in [-0.2, 0) is 0 Å². The van der Waals surface area contributed by atoms with Crippen LogP contribution in [0.2, 0.25) is 0 Å². The predicted octanol–water partition coefficient (Wildman–Crippen LogP) is 4.28. The summed E-state index contributed by atoms with van der Waals surface area (Å²) < 4.78 is 0. The van der Waals surface area contributed by atoms with Gasteiger partial charge in [-0.15, -0.1) is 11.3 Å². The van der Waals surface area contributed by atoms with E-state index in [1.807, 2.05) is 42.2 Å². The molecule has 1 heterocycles. The Hall–Kier alpha value is -2.33. The number of anilines is 2. The first-order valence-corrected chi connectivity index (χ1v) is 7.20. The normalized spacial score (nSPS) is 10.4. The summed E-state index contributed by atoms with van der Waals surface area (Å²) in [6.45, 7) is 0. The third-order valence-electron chi connectivity index (χ3n) is 3.21. The molecule has 0 spiro atoms. The van der Waals surface area contributed by atoms with Gasteiger partial charge in [0.25, 0.3) is 0 Å². The minimum atomic E-state index is 0.273. The van der Waals surface area contributed by atoms with E-state index in [4.69, 9.17) is 0 Å². The maximum absolute atomic E-state index is 9.39. The van der Waals surface area contributed by atoms with Crippen molar-refractivity contribution >= 4 is 22.7 Å². The zero-order valence-corrected chi connectivity index (χ0v) is 11.8. The van der Waals surface area contributed by atoms with Gasteiger partial charge in [0.15, 0.2) is 0 Å². The van der Waals surface area contributed by atoms with Gasteiger partial charge in [-0.1, -0.05) is 18.2 Å². The number of phenols is 1. The van der Waals surface area contributed by atoms with Crippen LogP contribution in [0.3, 0.4) is 0 Å². The smallest absolute Gasteiger partial charge is 0.115 e. The van der Waals surface area contributed by atoms with Crippen molar-refractivity contribution in [3.05, 3.63) is 59.4 Å². The Balaban J connectivity index is 2.04. The van der Waals surface area contributed by atoms with Gasteiger partial charge in [0, 0.05) is 23.7 Å². The summed E-state index contributed by atoms with van der Waals surface area (Å²) in [7, 11) is 2.01. The van der Waals surface area contributed by atoms with E-state index in [-0.39, 0.29) is 5.75 Å². The minimum Gasteiger partial charge on any atom is -0.508 e. The summed E-state index contributed by atoms with van der Waals surface area (Å²) in [5.74, 6) is 0.273. The highest BCUT2D eigenvalue weighted by molar-refractivity contribution is 7.07. The van der Waals surface area contributed by atoms with Crippen molar-refractivity contribution in [1.82, 2.24) is 4.98 Å². The average Bonchev–Trinajstić information content (AvgIpc) is 3.01. The summed E-state index contributed by atoms with van der Waals surface area (Å²) >= 11 is 1.59. The van der Waals surface area contributed by atoms with Crippen molar-refractivity contribution < 1.29 is 5.11 Å². The van der Waals surface area contributed by atoms with E-state index < -0.39 is 0 Å². The van der Waals surface area contributed by atoms with Crippen molar-refractivity contribution in [2.45, 2.75) is 0 Å². The van der Waals surface area contributed by atoms with E-state index >= 15 is 0 Å². The highest BCUT2D eigenvalue weighted by atomic mass is 32.1. The van der Waals surface area contributed by atoms with Crippen molar-refractivity contribution in [2.24, 2.45) is 0 Å². The first-order chi connectivity index (χ1) is 9.75. The quantitative estimate of drug-likeness (QED) is 0.778. The molecule has 1 aromatic heterocycles. The summed E-state index contributed by atoms with van der Waals surface area (Å²) in [5.41, 5.74) is 6.03. The highest BCUT2D eigenvalue weighted by Gasteiger charge is 2.11. The number of hydrogen-bond acceptors (Lipinski definition) is 4. The predicted molar refractivity (Wildman–Crippen MR) is 83.7 cm³/mol. The molecule has 3 nitrogen and oxygen atoms in total. The van der Waals surface area contributed by atoms with Crippen LogP contribution in [0.4, 0.5) is 11.4 Å². The van der Waals surface area contributed by atoms with Gasteiger partial charge in [0.05, 0.1) is 16.9 Å². The van der Waals surface area contributed by atoms with Gasteiger partial charge in [-0.25, -0.2) is 4.98 Å². The maximum atomic E-state index is 9.39. The highest BCUT2D eigenvalue weighted by Crippen LogP contribution is 2.34. The molecular weight excluding hydrogens is 268 g/mol. The van der Waals surface area contributed by atoms with Gasteiger partial charge >= 0.3 is 0 Å². The molecule has 0 radical (unpaired) electrons. The van der Waals surface area contributed by atoms with Gasteiger partial charge in [0.2, 0.25) is 0 Å². The van der Waals surface area contributed by atoms with E-state index in [0.717, 1.165) is 22.6 Å². The maximum Gasteiger partial charge on any atom is 0.115 e. The van der Waals surface area contributed by atoms with Crippen molar-refractivity contribution in [1.29, 1.82) is 0 Å². The number of benzene rings is 2. The largest absolute Gasteiger partial charge is 0.508 e. The van der Waals surface area contributed by atoms with Gasteiger partial charge in [0.1, 0.15) is 5.75 Å². The molecule has 20 heavy (non-hydrogen) atoms. The molecule has 0 aliphatic carbocycles. The van der Waals surface area contributed by atoms with Crippen LogP contribution in [0, 0.1) is 0 Å². The molecule has 0 aliphatic heterocycles. The fourth-order valence-corrected chi connectivity index (χ4v) is 2.70. The second kappa shape index (κ2) is 5.35. The summed E-state index contributed by atoms with van der Waals surface area (Å²) in [5, 5.41) is 11.4. The number of hydrogen-bond donors (Lipinski definition) is 1. The van der Waals surface area contributed by atoms with Gasteiger partial charge in [-0.3, -0.25) is 0 Å². The second-order valence-electron chi connectivity index (χ2n) is 4.47. The Bertz CT molecular complexity index is 693. The van der Waals surface area contributed by atoms with Crippen molar-refractivity contribution in [2.75, 3.05) is 11.9 Å². The molecule has 3 rings (SSSR count). The van der Waals surface area contributed by atoms with Gasteiger partial charge < -0.3 is 10.0 Å². The van der Waals surface area contributed by atoms with Crippen LogP contribution >= 0.6 is 11.3 Å². The zero-order chi connectivity index (χ0) is 13.9. The Labute approximate surface area is 121 Å². The Morgan fingerprint density at radius 2 is 1.80 bits per heavy atom. The van der Waals surface area contributed by atoms with Crippen LogP contribution in [-0.4, -0.2) is 17.1 Å². The molecule has 3 aromatic rings. The summed E-state index contributed by atoms with van der Waals surface area (Å²) in [6, 6.07) is 15.3.